The molecule has 4 N–H and O–H groups in total. The van der Waals surface area contributed by atoms with Crippen molar-refractivity contribution in [3.05, 3.63) is 92.8 Å². The van der Waals surface area contributed by atoms with Crippen LogP contribution in [0.1, 0.15) is 57.4 Å². The van der Waals surface area contributed by atoms with Gasteiger partial charge in [-0.25, -0.2) is 14.8 Å². The van der Waals surface area contributed by atoms with Crippen LogP contribution in [0.15, 0.2) is 92.7 Å². The number of carboxylic acids is 1. The predicted octanol–water partition coefficient (Wildman–Crippen LogP) is 8.47. The molecule has 5 rings (SSSR count). The average molecular weight is 865 g/mol. The molecule has 2 aliphatic rings. The number of hydrogen-bond donors (Lipinski definition) is 4. The molecule has 2 heterocycles. The molecule has 0 saturated carbocycles. The first kappa shape index (κ1) is 43.8. The minimum atomic E-state index is -4.04. The van der Waals surface area contributed by atoms with Crippen molar-refractivity contribution in [2.75, 3.05) is 28.7 Å². The number of nitrogens with zero attached hydrogens (tertiary/aromatic N) is 2. The second kappa shape index (κ2) is 21.4. The van der Waals surface area contributed by atoms with Crippen molar-refractivity contribution < 1.29 is 51.6 Å². The standard InChI is InChI=1S/C38H45N3O10S5/c1-26(2)49-38(44)39-29(37(42)43)25-52-36-27(17-19-34-40(21-7-9-23-53-51-50-45)30-11-3-5-13-32(30)54-34)15-16-28(36)18-20-35-41(22-8-10-24-56(46,47)48)31-12-4-6-14-33(31)55-35/h3-6,11-14,17-20,26,29H,7-10,15-16,21-25H2,1-2H3,(H3-,39,42,43,44,45,46,47,48)/p+1. The number of carboxylic acid groups (broad SMARTS) is 1. The highest BCUT2D eigenvalue weighted by Gasteiger charge is 2.28. The number of aryl methyl sites for hydroxylation is 1. The molecule has 1 amide bonds. The Morgan fingerprint density at radius 3 is 2.59 bits per heavy atom. The lowest BCUT2D eigenvalue weighted by atomic mass is 10.2. The van der Waals surface area contributed by atoms with Crippen LogP contribution in [-0.2, 0) is 35.6 Å². The Morgan fingerprint density at radius 2 is 1.82 bits per heavy atom. The van der Waals surface area contributed by atoms with Crippen molar-refractivity contribution in [2.24, 2.45) is 0 Å². The zero-order valence-electron chi connectivity index (χ0n) is 31.0. The smallest absolute Gasteiger partial charge is 0.408 e. The summed E-state index contributed by atoms with van der Waals surface area (Å²) in [7, 11) is -4.04. The van der Waals surface area contributed by atoms with Crippen molar-refractivity contribution >= 4 is 91.1 Å². The van der Waals surface area contributed by atoms with Crippen LogP contribution in [-0.4, -0.2) is 71.3 Å². The molecule has 0 saturated heterocycles. The van der Waals surface area contributed by atoms with Crippen LogP contribution in [0, 0.1) is 0 Å². The number of ether oxygens (including phenoxy) is 1. The highest BCUT2D eigenvalue weighted by atomic mass is 32.2. The van der Waals surface area contributed by atoms with E-state index >= 15 is 0 Å². The Bertz CT molecular complexity index is 2080. The number of hydrogen-bond acceptors (Lipinski definition) is 13. The summed E-state index contributed by atoms with van der Waals surface area (Å²) in [5.41, 5.74) is 4.25. The Balaban J connectivity index is 1.44. The molecule has 1 aromatic heterocycles. The summed E-state index contributed by atoms with van der Waals surface area (Å²) in [6.07, 6.45) is 11.2. The first-order chi connectivity index (χ1) is 26.9. The molecule has 1 aliphatic carbocycles. The van der Waals surface area contributed by atoms with E-state index in [4.69, 9.17) is 9.99 Å². The molecular formula is C38H46N3O10S5+. The fourth-order valence-corrected chi connectivity index (χ4v) is 10.6. The number of allylic oxidation sites excluding steroid dienone is 5. The summed E-state index contributed by atoms with van der Waals surface area (Å²) in [6.45, 7) is 4.73. The van der Waals surface area contributed by atoms with Gasteiger partial charge in [-0.05, 0) is 81.4 Å². The van der Waals surface area contributed by atoms with Gasteiger partial charge in [0.15, 0.2) is 6.54 Å². The minimum absolute atomic E-state index is 0.0785. The van der Waals surface area contributed by atoms with Crippen LogP contribution in [0.5, 0.6) is 0 Å². The van der Waals surface area contributed by atoms with Crippen LogP contribution >= 0.6 is 46.9 Å². The van der Waals surface area contributed by atoms with E-state index in [1.807, 2.05) is 36.4 Å². The monoisotopic (exact) mass is 864 g/mol. The summed E-state index contributed by atoms with van der Waals surface area (Å²) in [6, 6.07) is 15.1. The van der Waals surface area contributed by atoms with Gasteiger partial charge in [0.05, 0.1) is 22.6 Å². The third kappa shape index (κ3) is 12.8. The highest BCUT2D eigenvalue weighted by Crippen LogP contribution is 2.47. The predicted molar refractivity (Wildman–Crippen MR) is 224 cm³/mol. The average Bonchev–Trinajstić information content (AvgIpc) is 3.83. The van der Waals surface area contributed by atoms with Crippen LogP contribution in [0.2, 0.25) is 0 Å². The molecule has 13 nitrogen and oxygen atoms in total. The van der Waals surface area contributed by atoms with Gasteiger partial charge >= 0.3 is 12.1 Å². The number of carbonyl (C=O) groups excluding carboxylic acids is 1. The number of aromatic nitrogens is 1. The van der Waals surface area contributed by atoms with E-state index in [-0.39, 0.29) is 11.5 Å². The Kier molecular flexibility index (Phi) is 16.8. The highest BCUT2D eigenvalue weighted by molar-refractivity contribution is 8.04. The molecule has 3 aromatic rings. The molecule has 0 fully saturated rings. The molecule has 0 bridgehead atoms. The number of thioether (sulfide) groups is 2. The van der Waals surface area contributed by atoms with Crippen molar-refractivity contribution in [1.82, 2.24) is 5.32 Å². The maximum Gasteiger partial charge on any atom is 0.408 e. The number of alkyl carbamates (subject to hydrolysis) is 1. The van der Waals surface area contributed by atoms with Crippen molar-refractivity contribution in [2.45, 2.75) is 76.0 Å². The number of thiazole rings is 1. The van der Waals surface area contributed by atoms with E-state index in [0.717, 1.165) is 91.2 Å². The molecule has 1 unspecified atom stereocenters. The molecule has 18 heteroatoms. The molecule has 302 valence electrons. The van der Waals surface area contributed by atoms with E-state index in [1.165, 1.54) is 11.8 Å². The number of benzene rings is 2. The lowest BCUT2D eigenvalue weighted by Crippen LogP contribution is -2.43. The molecule has 1 aliphatic heterocycles. The zero-order chi connectivity index (χ0) is 40.1. The SMILES string of the molecule is CC(C)OC(=O)NC(CSC1=C(/C=C/c2sc3ccccc3[n+]2CCCCSOOO)CC/C1=C\C=C1/Sc2ccccc2N1CCCCS(=O)(=O)O)C(=O)O. The van der Waals surface area contributed by atoms with E-state index < -0.39 is 34.3 Å². The summed E-state index contributed by atoms with van der Waals surface area (Å²) < 4.78 is 45.0. The van der Waals surface area contributed by atoms with Gasteiger partial charge in [-0.1, -0.05) is 64.6 Å². The lowest BCUT2D eigenvalue weighted by Gasteiger charge is -2.20. The number of nitrogens with one attached hydrogen (secondary N) is 1. The quantitative estimate of drug-likeness (QED) is 0.0200. The van der Waals surface area contributed by atoms with E-state index in [9.17, 15) is 27.7 Å². The number of anilines is 1. The first-order valence-corrected chi connectivity index (χ1v) is 23.2. The normalized spacial score (nSPS) is 16.6. The number of aliphatic carboxylic acids is 1. The largest absolute Gasteiger partial charge is 0.480 e. The second-order valence-corrected chi connectivity index (χ2v) is 18.6. The van der Waals surface area contributed by atoms with Gasteiger partial charge in [-0.15, -0.1) is 16.1 Å². The number of rotatable bonds is 21. The Hall–Kier alpha value is -3.33. The topological polar surface area (TPSA) is 176 Å². The first-order valence-electron chi connectivity index (χ1n) is 18.1. The number of carbonyl (C=O) groups is 2. The molecule has 1 atom stereocenters. The van der Waals surface area contributed by atoms with Gasteiger partial charge < -0.3 is 20.1 Å². The number of fused-ring (bicyclic) bond motifs is 2. The number of para-hydroxylation sites is 2. The summed E-state index contributed by atoms with van der Waals surface area (Å²) in [4.78, 5) is 28.8. The number of amides is 1. The van der Waals surface area contributed by atoms with E-state index in [2.05, 4.69) is 60.6 Å². The fraction of sp³-hybridized carbons (Fsp3) is 0.395. The Labute approximate surface area is 343 Å². The summed E-state index contributed by atoms with van der Waals surface area (Å²) in [5, 5.41) is 26.6. The van der Waals surface area contributed by atoms with Gasteiger partial charge in [0.25, 0.3) is 15.1 Å². The van der Waals surface area contributed by atoms with Crippen LogP contribution in [0.3, 0.4) is 0 Å². The van der Waals surface area contributed by atoms with E-state index in [1.54, 1.807) is 36.9 Å². The summed E-state index contributed by atoms with van der Waals surface area (Å²) in [5.74, 6) is -0.717. The molecule has 0 radical (unpaired) electrons. The minimum Gasteiger partial charge on any atom is -0.480 e. The lowest BCUT2D eigenvalue weighted by molar-refractivity contribution is -0.669. The third-order valence-corrected chi connectivity index (χ3v) is 13.7. The van der Waals surface area contributed by atoms with Crippen molar-refractivity contribution in [3.63, 3.8) is 0 Å². The summed E-state index contributed by atoms with van der Waals surface area (Å²) >= 11 is 5.74. The van der Waals surface area contributed by atoms with Gasteiger partial charge in [0, 0.05) is 58.5 Å². The van der Waals surface area contributed by atoms with Crippen LogP contribution in [0.25, 0.3) is 16.3 Å². The molecular weight excluding hydrogens is 819 g/mol. The van der Waals surface area contributed by atoms with Crippen LogP contribution in [0.4, 0.5) is 10.5 Å². The maximum atomic E-state index is 12.4. The van der Waals surface area contributed by atoms with Gasteiger partial charge in [0.1, 0.15) is 10.7 Å². The zero-order valence-corrected chi connectivity index (χ0v) is 35.1. The Morgan fingerprint density at radius 1 is 1.04 bits per heavy atom. The van der Waals surface area contributed by atoms with Gasteiger partial charge in [-0.2, -0.15) is 13.0 Å². The second-order valence-electron chi connectivity index (χ2n) is 13.1. The van der Waals surface area contributed by atoms with E-state index in [0.29, 0.717) is 25.1 Å². The molecule has 0 spiro atoms. The van der Waals surface area contributed by atoms with Crippen LogP contribution < -0.4 is 14.8 Å². The molecule has 2 aromatic carbocycles. The van der Waals surface area contributed by atoms with Gasteiger partial charge in [-0.3, -0.25) is 4.55 Å². The fourth-order valence-electron chi connectivity index (χ4n) is 6.14. The van der Waals surface area contributed by atoms with Crippen molar-refractivity contribution in [3.8, 4) is 0 Å². The van der Waals surface area contributed by atoms with Crippen molar-refractivity contribution in [1.29, 1.82) is 0 Å². The molecule has 56 heavy (non-hydrogen) atoms. The maximum absolute atomic E-state index is 12.4. The number of unbranched alkanes of at least 4 members (excludes halogenated alkanes) is 2. The van der Waals surface area contributed by atoms with Gasteiger partial charge in [0.2, 0.25) is 5.52 Å². The third-order valence-electron chi connectivity index (χ3n) is 8.67.